The van der Waals surface area contributed by atoms with Crippen molar-refractivity contribution in [2.45, 2.75) is 13.8 Å². The van der Waals surface area contributed by atoms with Crippen LogP contribution in [0.25, 0.3) is 10.2 Å². The first-order valence-electron chi connectivity index (χ1n) is 4.85. The molecule has 0 aliphatic heterocycles. The van der Waals surface area contributed by atoms with E-state index in [4.69, 9.17) is 16.3 Å². The van der Waals surface area contributed by atoms with E-state index < -0.39 is 5.97 Å². The minimum absolute atomic E-state index is 0.328. The van der Waals surface area contributed by atoms with Crippen molar-refractivity contribution in [3.8, 4) is 0 Å². The molecule has 2 rings (SSSR count). The van der Waals surface area contributed by atoms with Gasteiger partial charge in [-0.25, -0.2) is 9.78 Å². The summed E-state index contributed by atoms with van der Waals surface area (Å²) >= 11 is 7.70. The molecule has 0 saturated carbocycles. The van der Waals surface area contributed by atoms with Gasteiger partial charge < -0.3 is 4.74 Å². The third-order valence-corrected chi connectivity index (χ3v) is 3.48. The van der Waals surface area contributed by atoms with Crippen LogP contribution in [0, 0.1) is 6.92 Å². The Bertz CT molecular complexity index is 550. The number of aryl methyl sites for hydroxylation is 1. The summed E-state index contributed by atoms with van der Waals surface area (Å²) in [5.41, 5.74) is 0.328. The van der Waals surface area contributed by atoms with Crippen molar-refractivity contribution in [3.05, 3.63) is 27.7 Å². The molecule has 0 aliphatic carbocycles. The lowest BCUT2D eigenvalue weighted by Crippen LogP contribution is -2.05. The summed E-state index contributed by atoms with van der Waals surface area (Å²) in [5, 5.41) is 1.24. The number of carbonyl (C=O) groups is 1. The molecule has 2 aromatic heterocycles. The van der Waals surface area contributed by atoms with E-state index in [1.54, 1.807) is 18.3 Å². The SMILES string of the molecule is CCOC(=O)c1cnc2sc(C)cc2c1Cl. The predicted octanol–water partition coefficient (Wildman–Crippen LogP) is 3.43. The standard InChI is InChI=1S/C11H10ClNO2S/c1-3-15-11(14)8-5-13-10-7(9(8)12)4-6(2)16-10/h4-5H,3H2,1-2H3. The van der Waals surface area contributed by atoms with Crippen LogP contribution < -0.4 is 0 Å². The Hall–Kier alpha value is -1.13. The van der Waals surface area contributed by atoms with Crippen molar-refractivity contribution in [1.29, 1.82) is 0 Å². The first kappa shape index (κ1) is 11.4. The van der Waals surface area contributed by atoms with E-state index in [1.807, 2.05) is 13.0 Å². The van der Waals surface area contributed by atoms with Crippen LogP contribution >= 0.6 is 22.9 Å². The Morgan fingerprint density at radius 3 is 3.06 bits per heavy atom. The first-order chi connectivity index (χ1) is 7.63. The van der Waals surface area contributed by atoms with Gasteiger partial charge in [-0.15, -0.1) is 11.3 Å². The third kappa shape index (κ3) is 1.90. The molecular formula is C11H10ClNO2S. The average Bonchev–Trinajstić information content (AvgIpc) is 2.60. The molecule has 0 fully saturated rings. The maximum absolute atomic E-state index is 11.6. The van der Waals surface area contributed by atoms with E-state index >= 15 is 0 Å². The second kappa shape index (κ2) is 4.39. The molecular weight excluding hydrogens is 246 g/mol. The summed E-state index contributed by atoms with van der Waals surface area (Å²) in [6, 6.07) is 1.93. The molecule has 0 radical (unpaired) electrons. The van der Waals surface area contributed by atoms with Crippen LogP contribution in [-0.4, -0.2) is 17.6 Å². The molecule has 0 aromatic carbocycles. The number of ether oxygens (including phenoxy) is 1. The Morgan fingerprint density at radius 1 is 1.62 bits per heavy atom. The fourth-order valence-electron chi connectivity index (χ4n) is 1.43. The van der Waals surface area contributed by atoms with E-state index in [1.165, 1.54) is 6.20 Å². The van der Waals surface area contributed by atoms with Crippen molar-refractivity contribution in [2.24, 2.45) is 0 Å². The highest BCUT2D eigenvalue weighted by molar-refractivity contribution is 7.18. The van der Waals surface area contributed by atoms with Crippen LogP contribution in [0.4, 0.5) is 0 Å². The number of pyridine rings is 1. The zero-order valence-corrected chi connectivity index (χ0v) is 10.5. The Labute approximate surface area is 102 Å². The molecule has 0 unspecified atom stereocenters. The molecule has 2 aromatic rings. The second-order valence-corrected chi connectivity index (χ2v) is 4.89. The second-order valence-electron chi connectivity index (χ2n) is 3.28. The molecule has 16 heavy (non-hydrogen) atoms. The monoisotopic (exact) mass is 255 g/mol. The Kier molecular flexibility index (Phi) is 3.12. The lowest BCUT2D eigenvalue weighted by atomic mass is 10.2. The molecule has 0 bridgehead atoms. The normalized spacial score (nSPS) is 10.7. The zero-order valence-electron chi connectivity index (χ0n) is 8.91. The molecule has 0 N–H and O–H groups in total. The number of hydrogen-bond acceptors (Lipinski definition) is 4. The first-order valence-corrected chi connectivity index (χ1v) is 6.04. The quantitative estimate of drug-likeness (QED) is 0.772. The van der Waals surface area contributed by atoms with E-state index in [0.29, 0.717) is 17.2 Å². The number of fused-ring (bicyclic) bond motifs is 1. The summed E-state index contributed by atoms with van der Waals surface area (Å²) < 4.78 is 4.90. The van der Waals surface area contributed by atoms with Gasteiger partial charge in [0.2, 0.25) is 0 Å². The lowest BCUT2D eigenvalue weighted by molar-refractivity contribution is 0.0526. The number of nitrogens with zero attached hydrogens (tertiary/aromatic N) is 1. The molecule has 0 amide bonds. The summed E-state index contributed by atoms with van der Waals surface area (Å²) in [6.45, 7) is 4.06. The average molecular weight is 256 g/mol. The maximum Gasteiger partial charge on any atom is 0.341 e. The number of thiophene rings is 1. The predicted molar refractivity (Wildman–Crippen MR) is 65.3 cm³/mol. The van der Waals surface area contributed by atoms with Crippen molar-refractivity contribution in [2.75, 3.05) is 6.61 Å². The minimum Gasteiger partial charge on any atom is -0.462 e. The van der Waals surface area contributed by atoms with Gasteiger partial charge in [-0.05, 0) is 19.9 Å². The van der Waals surface area contributed by atoms with Gasteiger partial charge in [0.15, 0.2) is 0 Å². The Morgan fingerprint density at radius 2 is 2.38 bits per heavy atom. The van der Waals surface area contributed by atoms with Crippen molar-refractivity contribution in [1.82, 2.24) is 4.98 Å². The van der Waals surface area contributed by atoms with Crippen LogP contribution in [0.15, 0.2) is 12.3 Å². The fraction of sp³-hybridized carbons (Fsp3) is 0.273. The topological polar surface area (TPSA) is 39.2 Å². The van der Waals surface area contributed by atoms with Gasteiger partial charge in [0, 0.05) is 16.5 Å². The van der Waals surface area contributed by atoms with Crippen molar-refractivity contribution < 1.29 is 9.53 Å². The summed E-state index contributed by atoms with van der Waals surface area (Å²) in [4.78, 5) is 17.7. The van der Waals surface area contributed by atoms with E-state index in [9.17, 15) is 4.79 Å². The van der Waals surface area contributed by atoms with E-state index in [-0.39, 0.29) is 0 Å². The number of aromatic nitrogens is 1. The van der Waals surface area contributed by atoms with Crippen LogP contribution in [0.2, 0.25) is 5.02 Å². The Balaban J connectivity index is 2.55. The van der Waals surface area contributed by atoms with E-state index in [0.717, 1.165) is 15.1 Å². The molecule has 5 heteroatoms. The molecule has 0 aliphatic rings. The highest BCUT2D eigenvalue weighted by Gasteiger charge is 2.16. The number of rotatable bonds is 2. The van der Waals surface area contributed by atoms with Gasteiger partial charge in [-0.3, -0.25) is 0 Å². The third-order valence-electron chi connectivity index (χ3n) is 2.11. The highest BCUT2D eigenvalue weighted by atomic mass is 35.5. The minimum atomic E-state index is -0.425. The van der Waals surface area contributed by atoms with Gasteiger partial charge in [-0.1, -0.05) is 11.6 Å². The van der Waals surface area contributed by atoms with Gasteiger partial charge >= 0.3 is 5.97 Å². The van der Waals surface area contributed by atoms with Crippen LogP contribution in [0.5, 0.6) is 0 Å². The highest BCUT2D eigenvalue weighted by Crippen LogP contribution is 2.31. The molecule has 0 spiro atoms. The smallest absolute Gasteiger partial charge is 0.341 e. The number of hydrogen-bond donors (Lipinski definition) is 0. The van der Waals surface area contributed by atoms with Crippen LogP contribution in [0.1, 0.15) is 22.2 Å². The largest absolute Gasteiger partial charge is 0.462 e. The fourth-order valence-corrected chi connectivity index (χ4v) is 2.62. The summed E-state index contributed by atoms with van der Waals surface area (Å²) in [5.74, 6) is -0.425. The summed E-state index contributed by atoms with van der Waals surface area (Å²) in [6.07, 6.45) is 1.47. The van der Waals surface area contributed by atoms with Gasteiger partial charge in [0.1, 0.15) is 4.83 Å². The van der Waals surface area contributed by atoms with Crippen molar-refractivity contribution in [3.63, 3.8) is 0 Å². The summed E-state index contributed by atoms with van der Waals surface area (Å²) in [7, 11) is 0. The zero-order chi connectivity index (χ0) is 11.7. The lowest BCUT2D eigenvalue weighted by Gasteiger charge is -2.03. The number of carbonyl (C=O) groups excluding carboxylic acids is 1. The van der Waals surface area contributed by atoms with E-state index in [2.05, 4.69) is 4.98 Å². The number of esters is 1. The maximum atomic E-state index is 11.6. The molecule has 2 heterocycles. The van der Waals surface area contributed by atoms with Crippen LogP contribution in [-0.2, 0) is 4.74 Å². The molecule has 84 valence electrons. The molecule has 0 saturated heterocycles. The van der Waals surface area contributed by atoms with Gasteiger partial charge in [0.05, 0.1) is 17.2 Å². The molecule has 0 atom stereocenters. The molecule has 3 nitrogen and oxygen atoms in total. The van der Waals surface area contributed by atoms with Crippen LogP contribution in [0.3, 0.4) is 0 Å². The van der Waals surface area contributed by atoms with Gasteiger partial charge in [-0.2, -0.15) is 0 Å². The van der Waals surface area contributed by atoms with Crippen molar-refractivity contribution >= 4 is 39.1 Å². The van der Waals surface area contributed by atoms with Gasteiger partial charge in [0.25, 0.3) is 0 Å². The number of halogens is 1.